The Morgan fingerprint density at radius 3 is 2.64 bits per heavy atom. The molecule has 22 heavy (non-hydrogen) atoms. The maximum Gasteiger partial charge on any atom is 0.243 e. The minimum atomic E-state index is -3.93. The van der Waals surface area contributed by atoms with Crippen LogP contribution < -0.4 is 0 Å². The second-order valence-corrected chi connectivity index (χ2v) is 9.83. The van der Waals surface area contributed by atoms with Crippen molar-refractivity contribution < 1.29 is 21.9 Å². The first-order valence-corrected chi connectivity index (χ1v) is 10.4. The third-order valence-corrected chi connectivity index (χ3v) is 7.75. The van der Waals surface area contributed by atoms with Crippen LogP contribution in [0.5, 0.6) is 0 Å². The first-order chi connectivity index (χ1) is 10.2. The molecule has 6 nitrogen and oxygen atoms in total. The highest BCUT2D eigenvalue weighted by Crippen LogP contribution is 2.28. The van der Waals surface area contributed by atoms with Crippen molar-refractivity contribution in [1.29, 1.82) is 0 Å². The van der Waals surface area contributed by atoms with Crippen molar-refractivity contribution >= 4 is 31.5 Å². The van der Waals surface area contributed by atoms with Crippen molar-refractivity contribution in [1.82, 2.24) is 4.31 Å². The van der Waals surface area contributed by atoms with E-state index in [0.717, 1.165) is 4.31 Å². The van der Waals surface area contributed by atoms with E-state index in [1.54, 1.807) is 19.1 Å². The molecular formula is C13H18ClNO5S2. The quantitative estimate of drug-likeness (QED) is 0.831. The average Bonchev–Trinajstić information content (AvgIpc) is 2.78. The molecule has 1 aliphatic rings. The van der Waals surface area contributed by atoms with Crippen LogP contribution in [0.2, 0.25) is 5.02 Å². The fourth-order valence-electron chi connectivity index (χ4n) is 2.58. The van der Waals surface area contributed by atoms with Gasteiger partial charge in [-0.05, 0) is 31.0 Å². The lowest BCUT2D eigenvalue weighted by molar-refractivity contribution is 0.232. The van der Waals surface area contributed by atoms with E-state index in [-0.39, 0.29) is 41.0 Å². The van der Waals surface area contributed by atoms with E-state index in [1.165, 1.54) is 6.07 Å². The summed E-state index contributed by atoms with van der Waals surface area (Å²) >= 11 is 5.88. The van der Waals surface area contributed by atoms with Gasteiger partial charge in [-0.2, -0.15) is 4.31 Å². The molecule has 1 saturated heterocycles. The zero-order valence-electron chi connectivity index (χ0n) is 12.1. The highest BCUT2D eigenvalue weighted by molar-refractivity contribution is 7.92. The van der Waals surface area contributed by atoms with Crippen LogP contribution in [0.15, 0.2) is 23.1 Å². The van der Waals surface area contributed by atoms with Gasteiger partial charge in [-0.1, -0.05) is 17.7 Å². The van der Waals surface area contributed by atoms with Gasteiger partial charge in [0.1, 0.15) is 0 Å². The lowest BCUT2D eigenvalue weighted by atomic mass is 10.2. The number of hydrogen-bond donors (Lipinski definition) is 1. The topological polar surface area (TPSA) is 91.8 Å². The Morgan fingerprint density at radius 2 is 2.09 bits per heavy atom. The van der Waals surface area contributed by atoms with Gasteiger partial charge in [0.15, 0.2) is 9.84 Å². The monoisotopic (exact) mass is 367 g/mol. The number of aryl methyl sites for hydroxylation is 1. The molecule has 0 aliphatic carbocycles. The number of aliphatic hydroxyl groups is 1. The zero-order valence-corrected chi connectivity index (χ0v) is 14.5. The zero-order chi connectivity index (χ0) is 16.5. The summed E-state index contributed by atoms with van der Waals surface area (Å²) in [5, 5.41) is 9.46. The van der Waals surface area contributed by atoms with Crippen LogP contribution in [0.4, 0.5) is 0 Å². The number of benzene rings is 1. The highest BCUT2D eigenvalue weighted by atomic mass is 35.5. The number of rotatable bonds is 5. The Balaban J connectivity index is 2.45. The highest BCUT2D eigenvalue weighted by Gasteiger charge is 2.39. The predicted molar refractivity (Wildman–Crippen MR) is 84.2 cm³/mol. The van der Waals surface area contributed by atoms with Crippen molar-refractivity contribution in [2.24, 2.45) is 0 Å². The van der Waals surface area contributed by atoms with E-state index in [0.29, 0.717) is 5.56 Å². The normalized spacial score (nSPS) is 21.4. The molecule has 1 aromatic carbocycles. The summed E-state index contributed by atoms with van der Waals surface area (Å²) < 4.78 is 50.0. The number of hydrogen-bond acceptors (Lipinski definition) is 5. The van der Waals surface area contributed by atoms with Crippen molar-refractivity contribution in [3.05, 3.63) is 28.8 Å². The largest absolute Gasteiger partial charge is 0.395 e. The van der Waals surface area contributed by atoms with Gasteiger partial charge in [0.25, 0.3) is 0 Å². The number of sulfone groups is 1. The number of nitrogens with zero attached hydrogens (tertiary/aromatic N) is 1. The van der Waals surface area contributed by atoms with Crippen LogP contribution in [0, 0.1) is 6.92 Å². The molecule has 1 aliphatic heterocycles. The van der Waals surface area contributed by atoms with Gasteiger partial charge in [-0.3, -0.25) is 0 Å². The van der Waals surface area contributed by atoms with Crippen LogP contribution in [0.25, 0.3) is 0 Å². The van der Waals surface area contributed by atoms with Crippen molar-refractivity contribution in [2.45, 2.75) is 24.3 Å². The fraction of sp³-hybridized carbons (Fsp3) is 0.538. The Morgan fingerprint density at radius 1 is 1.41 bits per heavy atom. The molecule has 0 saturated carbocycles. The molecule has 1 aromatic rings. The maximum absolute atomic E-state index is 12.9. The third-order valence-electron chi connectivity index (χ3n) is 3.67. The van der Waals surface area contributed by atoms with E-state index in [9.17, 15) is 21.9 Å². The lowest BCUT2D eigenvalue weighted by Gasteiger charge is -2.27. The van der Waals surface area contributed by atoms with E-state index in [2.05, 4.69) is 0 Å². The van der Waals surface area contributed by atoms with Gasteiger partial charge in [-0.25, -0.2) is 16.8 Å². The number of sulfonamides is 1. The molecule has 2 rings (SSSR count). The molecule has 0 amide bonds. The Bertz CT molecular complexity index is 761. The van der Waals surface area contributed by atoms with E-state index in [1.807, 2.05) is 0 Å². The lowest BCUT2D eigenvalue weighted by Crippen LogP contribution is -2.43. The Labute approximate surface area is 135 Å². The molecule has 124 valence electrons. The predicted octanol–water partition coefficient (Wildman–Crippen LogP) is 0.819. The van der Waals surface area contributed by atoms with Gasteiger partial charge in [0.2, 0.25) is 10.0 Å². The maximum atomic E-state index is 12.9. The van der Waals surface area contributed by atoms with Crippen LogP contribution in [-0.2, 0) is 19.9 Å². The molecule has 0 bridgehead atoms. The summed E-state index contributed by atoms with van der Waals surface area (Å²) in [5.41, 5.74) is 0.521. The molecule has 0 radical (unpaired) electrons. The van der Waals surface area contributed by atoms with Crippen LogP contribution >= 0.6 is 11.6 Å². The van der Waals surface area contributed by atoms with Gasteiger partial charge in [0.05, 0.1) is 23.0 Å². The molecule has 1 heterocycles. The van der Waals surface area contributed by atoms with Gasteiger partial charge >= 0.3 is 0 Å². The molecular weight excluding hydrogens is 350 g/mol. The smallest absolute Gasteiger partial charge is 0.243 e. The first kappa shape index (κ1) is 17.7. The van der Waals surface area contributed by atoms with Crippen LogP contribution in [0.3, 0.4) is 0 Å². The summed E-state index contributed by atoms with van der Waals surface area (Å²) in [5.74, 6) is -0.254. The molecule has 0 aromatic heterocycles. The van der Waals surface area contributed by atoms with Crippen molar-refractivity contribution in [3.8, 4) is 0 Å². The van der Waals surface area contributed by atoms with Crippen molar-refractivity contribution in [2.75, 3.05) is 24.7 Å². The van der Waals surface area contributed by atoms with Gasteiger partial charge in [0, 0.05) is 17.6 Å². The fourth-order valence-corrected chi connectivity index (χ4v) is 6.54. The summed E-state index contributed by atoms with van der Waals surface area (Å²) in [7, 11) is -7.16. The summed E-state index contributed by atoms with van der Waals surface area (Å²) in [6.07, 6.45) is 0.237. The SMILES string of the molecule is Cc1ccc(Cl)cc1S(=O)(=O)N(CCO)[C@@H]1CCS(=O)(=O)C1. The molecule has 1 fully saturated rings. The molecule has 9 heteroatoms. The van der Waals surface area contributed by atoms with E-state index >= 15 is 0 Å². The molecule has 0 spiro atoms. The number of aliphatic hydroxyl groups excluding tert-OH is 1. The van der Waals surface area contributed by atoms with Crippen molar-refractivity contribution in [3.63, 3.8) is 0 Å². The first-order valence-electron chi connectivity index (χ1n) is 6.76. The summed E-state index contributed by atoms with van der Waals surface area (Å²) in [6.45, 7) is 1.12. The van der Waals surface area contributed by atoms with E-state index in [4.69, 9.17) is 11.6 Å². The van der Waals surface area contributed by atoms with Crippen LogP contribution in [0.1, 0.15) is 12.0 Å². The molecule has 1 N–H and O–H groups in total. The standard InChI is InChI=1S/C13H18ClNO5S2/c1-10-2-3-11(14)8-13(10)22(19,20)15(5-6-16)12-4-7-21(17,18)9-12/h2-3,8,12,16H,4-7,9H2,1H3/t12-/m1/s1. The minimum Gasteiger partial charge on any atom is -0.395 e. The Kier molecular flexibility index (Phi) is 5.18. The second-order valence-electron chi connectivity index (χ2n) is 5.31. The Hall–Kier alpha value is -0.670. The third kappa shape index (κ3) is 3.62. The van der Waals surface area contributed by atoms with E-state index < -0.39 is 25.9 Å². The average molecular weight is 368 g/mol. The summed E-state index contributed by atoms with van der Waals surface area (Å²) in [4.78, 5) is 0.0396. The second kappa shape index (κ2) is 6.45. The molecule has 0 unspecified atom stereocenters. The van der Waals surface area contributed by atoms with Gasteiger partial charge in [-0.15, -0.1) is 0 Å². The molecule has 1 atom stereocenters. The van der Waals surface area contributed by atoms with Crippen LogP contribution in [-0.4, -0.2) is 56.9 Å². The number of halogens is 1. The summed E-state index contributed by atoms with van der Waals surface area (Å²) in [6, 6.07) is 3.88. The van der Waals surface area contributed by atoms with Gasteiger partial charge < -0.3 is 5.11 Å². The minimum absolute atomic E-state index is 0.0381.